The van der Waals surface area contributed by atoms with E-state index in [4.69, 9.17) is 0 Å². The molecule has 2 aromatic rings. The van der Waals surface area contributed by atoms with E-state index < -0.39 is 11.8 Å². The number of hydrogen-bond donors (Lipinski definition) is 0. The van der Waals surface area contributed by atoms with Gasteiger partial charge in [0, 0.05) is 12.4 Å². The number of rotatable bonds is 2. The highest BCUT2D eigenvalue weighted by molar-refractivity contribution is 6.19. The lowest BCUT2D eigenvalue weighted by atomic mass is 10.2. The molecule has 6 heteroatoms. The second kappa shape index (κ2) is 4.24. The van der Waals surface area contributed by atoms with Gasteiger partial charge in [-0.15, -0.1) is 0 Å². The summed E-state index contributed by atoms with van der Waals surface area (Å²) in [6.45, 7) is 0.0794. The zero-order chi connectivity index (χ0) is 13.4. The third kappa shape index (κ3) is 1.87. The fourth-order valence-corrected chi connectivity index (χ4v) is 1.91. The number of hydrogen-bond acceptors (Lipinski definition) is 4. The summed E-state index contributed by atoms with van der Waals surface area (Å²) >= 11 is 0. The number of halogens is 1. The van der Waals surface area contributed by atoms with Crippen LogP contribution in [-0.4, -0.2) is 26.7 Å². The van der Waals surface area contributed by atoms with E-state index in [1.54, 1.807) is 0 Å². The van der Waals surface area contributed by atoms with Crippen molar-refractivity contribution < 1.29 is 14.0 Å². The van der Waals surface area contributed by atoms with E-state index in [0.29, 0.717) is 5.56 Å². The normalized spacial score (nSPS) is 13.8. The molecule has 1 aromatic carbocycles. The highest BCUT2D eigenvalue weighted by atomic mass is 19.1. The Balaban J connectivity index is 1.90. The molecule has 0 spiro atoms. The quantitative estimate of drug-likeness (QED) is 0.763. The second-order valence-corrected chi connectivity index (χ2v) is 4.08. The highest BCUT2D eigenvalue weighted by Crippen LogP contribution is 2.20. The molecule has 2 amide bonds. The maximum Gasteiger partial charge on any atom is 0.282 e. The molecule has 0 saturated carbocycles. The minimum Gasteiger partial charge on any atom is -0.267 e. The second-order valence-electron chi connectivity index (χ2n) is 4.08. The van der Waals surface area contributed by atoms with Gasteiger partial charge in [-0.05, 0) is 17.7 Å². The minimum atomic E-state index is -0.475. The first-order valence-corrected chi connectivity index (χ1v) is 5.58. The van der Waals surface area contributed by atoms with Gasteiger partial charge in [-0.2, -0.15) is 0 Å². The molecule has 0 radical (unpaired) electrons. The van der Waals surface area contributed by atoms with Crippen molar-refractivity contribution in [2.75, 3.05) is 0 Å². The van der Waals surface area contributed by atoms with Crippen LogP contribution in [0.5, 0.6) is 0 Å². The summed E-state index contributed by atoms with van der Waals surface area (Å²) in [5.41, 5.74) is 0.792. The van der Waals surface area contributed by atoms with Crippen molar-refractivity contribution in [3.63, 3.8) is 0 Å². The van der Waals surface area contributed by atoms with Crippen molar-refractivity contribution >= 4 is 11.8 Å². The lowest BCUT2D eigenvalue weighted by Gasteiger charge is -2.12. The molecule has 94 valence electrons. The molecule has 2 heterocycles. The summed E-state index contributed by atoms with van der Waals surface area (Å²) in [5, 5.41) is 0. The molecule has 0 aliphatic carbocycles. The SMILES string of the molecule is O=C1c2nccnc2C(=O)N1Cc1ccc(F)cc1. The van der Waals surface area contributed by atoms with Crippen LogP contribution in [-0.2, 0) is 6.54 Å². The Morgan fingerprint density at radius 2 is 1.47 bits per heavy atom. The van der Waals surface area contributed by atoms with E-state index in [2.05, 4.69) is 9.97 Å². The van der Waals surface area contributed by atoms with Crippen LogP contribution in [0, 0.1) is 5.82 Å². The molecule has 19 heavy (non-hydrogen) atoms. The largest absolute Gasteiger partial charge is 0.282 e. The Morgan fingerprint density at radius 3 is 2.00 bits per heavy atom. The van der Waals surface area contributed by atoms with Gasteiger partial charge in [0.2, 0.25) is 0 Å². The van der Waals surface area contributed by atoms with Gasteiger partial charge in [-0.3, -0.25) is 14.5 Å². The van der Waals surface area contributed by atoms with Crippen LogP contribution < -0.4 is 0 Å². The van der Waals surface area contributed by atoms with Gasteiger partial charge >= 0.3 is 0 Å². The number of amides is 2. The standard InChI is InChI=1S/C13H8FN3O2/c14-9-3-1-8(2-4-9)7-17-12(18)10-11(13(17)19)16-6-5-15-10/h1-6H,7H2. The molecule has 0 unspecified atom stereocenters. The third-order valence-electron chi connectivity index (χ3n) is 2.85. The van der Waals surface area contributed by atoms with Crippen LogP contribution in [0.3, 0.4) is 0 Å². The van der Waals surface area contributed by atoms with Crippen LogP contribution in [0.2, 0.25) is 0 Å². The average molecular weight is 257 g/mol. The molecule has 0 N–H and O–H groups in total. The molecule has 1 aliphatic rings. The molecule has 0 atom stereocenters. The van der Waals surface area contributed by atoms with Crippen molar-refractivity contribution in [2.24, 2.45) is 0 Å². The molecule has 5 nitrogen and oxygen atoms in total. The predicted octanol–water partition coefficient (Wildman–Crippen LogP) is 1.41. The molecule has 3 rings (SSSR count). The van der Waals surface area contributed by atoms with Crippen molar-refractivity contribution in [1.82, 2.24) is 14.9 Å². The van der Waals surface area contributed by atoms with E-state index >= 15 is 0 Å². The summed E-state index contributed by atoms with van der Waals surface area (Å²) in [7, 11) is 0. The number of carbonyl (C=O) groups excluding carboxylic acids is 2. The van der Waals surface area contributed by atoms with E-state index in [1.807, 2.05) is 0 Å². The zero-order valence-corrected chi connectivity index (χ0v) is 9.71. The van der Waals surface area contributed by atoms with Gasteiger partial charge in [0.05, 0.1) is 6.54 Å². The van der Waals surface area contributed by atoms with Gasteiger partial charge in [0.15, 0.2) is 11.4 Å². The third-order valence-corrected chi connectivity index (χ3v) is 2.85. The Labute approximate surface area is 107 Å². The number of carbonyl (C=O) groups is 2. The summed E-state index contributed by atoms with van der Waals surface area (Å²) in [6.07, 6.45) is 2.73. The number of nitrogens with zero attached hydrogens (tertiary/aromatic N) is 3. The van der Waals surface area contributed by atoms with Gasteiger partial charge in [0.1, 0.15) is 5.82 Å². The van der Waals surface area contributed by atoms with Crippen molar-refractivity contribution in [3.8, 4) is 0 Å². The van der Waals surface area contributed by atoms with Crippen LogP contribution in [0.15, 0.2) is 36.7 Å². The highest BCUT2D eigenvalue weighted by Gasteiger charge is 2.37. The summed E-state index contributed by atoms with van der Waals surface area (Å²) in [4.78, 5) is 32.8. The summed E-state index contributed by atoms with van der Waals surface area (Å²) in [5.74, 6) is -1.32. The topological polar surface area (TPSA) is 63.2 Å². The maximum absolute atomic E-state index is 12.8. The lowest BCUT2D eigenvalue weighted by Crippen LogP contribution is -2.29. The monoisotopic (exact) mass is 257 g/mol. The molecule has 1 aliphatic heterocycles. The summed E-state index contributed by atoms with van der Waals surface area (Å²) < 4.78 is 12.8. The predicted molar refractivity (Wildman–Crippen MR) is 62.6 cm³/mol. The van der Waals surface area contributed by atoms with Gasteiger partial charge in [0.25, 0.3) is 11.8 Å². The Bertz CT molecular complexity index is 635. The van der Waals surface area contributed by atoms with E-state index in [1.165, 1.54) is 36.7 Å². The average Bonchev–Trinajstić information content (AvgIpc) is 2.67. The zero-order valence-electron chi connectivity index (χ0n) is 9.71. The Hall–Kier alpha value is -2.63. The van der Waals surface area contributed by atoms with E-state index in [0.717, 1.165) is 4.90 Å². The van der Waals surface area contributed by atoms with Crippen molar-refractivity contribution in [3.05, 3.63) is 59.4 Å². The summed E-state index contributed by atoms with van der Waals surface area (Å²) in [6, 6.07) is 5.62. The van der Waals surface area contributed by atoms with Crippen LogP contribution in [0.1, 0.15) is 26.5 Å². The van der Waals surface area contributed by atoms with Crippen LogP contribution >= 0.6 is 0 Å². The number of fused-ring (bicyclic) bond motifs is 1. The molecule has 0 fully saturated rings. The van der Waals surface area contributed by atoms with Crippen LogP contribution in [0.4, 0.5) is 4.39 Å². The molecule has 1 aromatic heterocycles. The van der Waals surface area contributed by atoms with Gasteiger partial charge in [-0.25, -0.2) is 14.4 Å². The number of aromatic nitrogens is 2. The number of imide groups is 1. The Kier molecular flexibility index (Phi) is 2.56. The molecule has 0 saturated heterocycles. The first-order chi connectivity index (χ1) is 9.16. The molecular formula is C13H8FN3O2. The van der Waals surface area contributed by atoms with Gasteiger partial charge in [-0.1, -0.05) is 12.1 Å². The van der Waals surface area contributed by atoms with Crippen molar-refractivity contribution in [1.29, 1.82) is 0 Å². The van der Waals surface area contributed by atoms with Crippen LogP contribution in [0.25, 0.3) is 0 Å². The fourth-order valence-electron chi connectivity index (χ4n) is 1.91. The molecular weight excluding hydrogens is 249 g/mol. The van der Waals surface area contributed by atoms with E-state index in [-0.39, 0.29) is 23.7 Å². The minimum absolute atomic E-state index is 0.0645. The molecule has 0 bridgehead atoms. The fraction of sp³-hybridized carbons (Fsp3) is 0.0769. The maximum atomic E-state index is 12.8. The van der Waals surface area contributed by atoms with Crippen molar-refractivity contribution in [2.45, 2.75) is 6.54 Å². The lowest BCUT2D eigenvalue weighted by molar-refractivity contribution is 0.0638. The van der Waals surface area contributed by atoms with Gasteiger partial charge < -0.3 is 0 Å². The Morgan fingerprint density at radius 1 is 0.947 bits per heavy atom. The van der Waals surface area contributed by atoms with E-state index in [9.17, 15) is 14.0 Å². The number of benzene rings is 1. The first-order valence-electron chi connectivity index (χ1n) is 5.58. The smallest absolute Gasteiger partial charge is 0.267 e. The first kappa shape index (κ1) is 11.5.